The van der Waals surface area contributed by atoms with E-state index >= 15 is 0 Å². The lowest BCUT2D eigenvalue weighted by atomic mass is 10.0. The van der Waals surface area contributed by atoms with Crippen LogP contribution in [0.15, 0.2) is 47.4 Å². The molecule has 6 nitrogen and oxygen atoms in total. The highest BCUT2D eigenvalue weighted by atomic mass is 35.5. The van der Waals surface area contributed by atoms with Gasteiger partial charge in [0, 0.05) is 37.4 Å². The summed E-state index contributed by atoms with van der Waals surface area (Å²) in [5, 5.41) is 3.37. The van der Waals surface area contributed by atoms with Crippen molar-refractivity contribution in [2.24, 2.45) is 11.8 Å². The summed E-state index contributed by atoms with van der Waals surface area (Å²) in [4.78, 5) is 15.0. The standard InChI is InChI=1S/C21H25N3O3S.ClH/c1-14-4-3-5-18(8-14)23-28(26,27)19-7-6-15(2)20(9-19)21(25)24-12-16-10-22-11-17(16)13-24;/h3-9,16-17,22-23H,10-13H2,1-2H3;1H/t16-,17+;. The Morgan fingerprint density at radius 1 is 1.07 bits per heavy atom. The van der Waals surface area contributed by atoms with Crippen LogP contribution in [-0.4, -0.2) is 45.4 Å². The number of nitrogens with one attached hydrogen (secondary N) is 2. The van der Waals surface area contributed by atoms with Crippen molar-refractivity contribution in [1.82, 2.24) is 10.2 Å². The summed E-state index contributed by atoms with van der Waals surface area (Å²) >= 11 is 0. The van der Waals surface area contributed by atoms with Gasteiger partial charge in [0.05, 0.1) is 4.90 Å². The van der Waals surface area contributed by atoms with Crippen LogP contribution in [0, 0.1) is 25.7 Å². The number of nitrogens with zero attached hydrogens (tertiary/aromatic N) is 1. The topological polar surface area (TPSA) is 78.5 Å². The van der Waals surface area contributed by atoms with Crippen molar-refractivity contribution < 1.29 is 13.2 Å². The Bertz CT molecular complexity index is 1010. The molecule has 4 rings (SSSR count). The maximum absolute atomic E-state index is 13.1. The lowest BCUT2D eigenvalue weighted by molar-refractivity contribution is 0.0780. The number of rotatable bonds is 4. The first-order valence-electron chi connectivity index (χ1n) is 9.53. The van der Waals surface area contributed by atoms with Crippen LogP contribution in [0.2, 0.25) is 0 Å². The fourth-order valence-corrected chi connectivity index (χ4v) is 5.19. The number of anilines is 1. The average Bonchev–Trinajstić information content (AvgIpc) is 3.23. The van der Waals surface area contributed by atoms with Gasteiger partial charge in [0.25, 0.3) is 15.9 Å². The van der Waals surface area contributed by atoms with Crippen molar-refractivity contribution in [3.05, 3.63) is 59.2 Å². The van der Waals surface area contributed by atoms with E-state index < -0.39 is 10.0 Å². The minimum absolute atomic E-state index is 0. The van der Waals surface area contributed by atoms with Gasteiger partial charge in [-0.25, -0.2) is 8.42 Å². The number of amides is 1. The number of fused-ring (bicyclic) bond motifs is 1. The molecule has 2 N–H and O–H groups in total. The fraction of sp³-hybridized carbons (Fsp3) is 0.381. The van der Waals surface area contributed by atoms with Crippen molar-refractivity contribution in [3.8, 4) is 0 Å². The van der Waals surface area contributed by atoms with Crippen molar-refractivity contribution in [2.45, 2.75) is 18.7 Å². The highest BCUT2D eigenvalue weighted by molar-refractivity contribution is 7.92. The molecule has 0 spiro atoms. The van der Waals surface area contributed by atoms with Crippen LogP contribution in [0.25, 0.3) is 0 Å². The highest BCUT2D eigenvalue weighted by Gasteiger charge is 2.38. The second kappa shape index (κ2) is 8.34. The second-order valence-corrected chi connectivity index (χ2v) is 9.52. The molecule has 2 heterocycles. The minimum Gasteiger partial charge on any atom is -0.338 e. The van der Waals surface area contributed by atoms with Crippen molar-refractivity contribution in [1.29, 1.82) is 0 Å². The summed E-state index contributed by atoms with van der Waals surface area (Å²) in [5.41, 5.74) is 2.72. The van der Waals surface area contributed by atoms with Crippen molar-refractivity contribution in [3.63, 3.8) is 0 Å². The largest absolute Gasteiger partial charge is 0.338 e. The molecule has 0 aromatic heterocycles. The van der Waals surface area contributed by atoms with Gasteiger partial charge in [-0.3, -0.25) is 9.52 Å². The van der Waals surface area contributed by atoms with E-state index in [1.54, 1.807) is 30.3 Å². The fourth-order valence-electron chi connectivity index (χ4n) is 4.11. The highest BCUT2D eigenvalue weighted by Crippen LogP contribution is 2.29. The molecule has 0 bridgehead atoms. The predicted molar refractivity (Wildman–Crippen MR) is 116 cm³/mol. The quantitative estimate of drug-likeness (QED) is 0.774. The number of sulfonamides is 1. The van der Waals surface area contributed by atoms with Gasteiger partial charge in [0.2, 0.25) is 0 Å². The zero-order valence-corrected chi connectivity index (χ0v) is 18.1. The molecule has 156 valence electrons. The summed E-state index contributed by atoms with van der Waals surface area (Å²) < 4.78 is 28.3. The number of hydrogen-bond acceptors (Lipinski definition) is 4. The Balaban J connectivity index is 0.00000240. The molecule has 8 heteroatoms. The molecule has 0 aliphatic carbocycles. The molecule has 2 aromatic carbocycles. The lowest BCUT2D eigenvalue weighted by Crippen LogP contribution is -2.32. The monoisotopic (exact) mass is 435 g/mol. The summed E-state index contributed by atoms with van der Waals surface area (Å²) in [6.45, 7) is 7.10. The van der Waals surface area contributed by atoms with E-state index in [4.69, 9.17) is 0 Å². The number of benzene rings is 2. The van der Waals surface area contributed by atoms with E-state index in [9.17, 15) is 13.2 Å². The maximum Gasteiger partial charge on any atom is 0.261 e. The summed E-state index contributed by atoms with van der Waals surface area (Å²) in [7, 11) is -3.77. The van der Waals surface area contributed by atoms with E-state index in [2.05, 4.69) is 10.0 Å². The van der Waals surface area contributed by atoms with Gasteiger partial charge >= 0.3 is 0 Å². The maximum atomic E-state index is 13.1. The third-order valence-corrected chi connectivity index (χ3v) is 7.08. The SMILES string of the molecule is Cc1cccc(NS(=O)(=O)c2ccc(C)c(C(=O)N3C[C@H]4CNC[C@H]4C3)c2)c1.Cl. The number of aryl methyl sites for hydroxylation is 2. The summed E-state index contributed by atoms with van der Waals surface area (Å²) in [5.74, 6) is 0.915. The van der Waals surface area contributed by atoms with Crippen LogP contribution in [0.5, 0.6) is 0 Å². The van der Waals surface area contributed by atoms with Gasteiger partial charge < -0.3 is 10.2 Å². The number of carbonyl (C=O) groups is 1. The van der Waals surface area contributed by atoms with Crippen molar-refractivity contribution in [2.75, 3.05) is 30.9 Å². The van der Waals surface area contributed by atoms with Gasteiger partial charge in [0.1, 0.15) is 0 Å². The smallest absolute Gasteiger partial charge is 0.261 e. The van der Waals surface area contributed by atoms with Gasteiger partial charge in [-0.05, 0) is 61.1 Å². The second-order valence-electron chi connectivity index (χ2n) is 7.84. The van der Waals surface area contributed by atoms with E-state index in [1.807, 2.05) is 24.8 Å². The number of carbonyl (C=O) groups excluding carboxylic acids is 1. The van der Waals surface area contributed by atoms with E-state index in [0.717, 1.165) is 37.3 Å². The van der Waals surface area contributed by atoms with Crippen LogP contribution in [-0.2, 0) is 10.0 Å². The third-order valence-electron chi connectivity index (χ3n) is 5.70. The molecule has 0 radical (unpaired) electrons. The van der Waals surface area contributed by atoms with Crippen LogP contribution < -0.4 is 10.0 Å². The molecule has 2 saturated heterocycles. The van der Waals surface area contributed by atoms with E-state index in [1.165, 1.54) is 6.07 Å². The van der Waals surface area contributed by atoms with E-state index in [-0.39, 0.29) is 23.2 Å². The Morgan fingerprint density at radius 2 is 1.76 bits per heavy atom. The van der Waals surface area contributed by atoms with Crippen LogP contribution in [0.4, 0.5) is 5.69 Å². The molecule has 2 atom stereocenters. The predicted octanol–water partition coefficient (Wildman–Crippen LogP) is 2.82. The Kier molecular flexibility index (Phi) is 6.22. The Labute approximate surface area is 178 Å². The van der Waals surface area contributed by atoms with Crippen LogP contribution in [0.3, 0.4) is 0 Å². The number of likely N-dealkylation sites (tertiary alicyclic amines) is 1. The first-order valence-corrected chi connectivity index (χ1v) is 11.0. The molecule has 2 aliphatic heterocycles. The number of halogens is 1. The average molecular weight is 436 g/mol. The van der Waals surface area contributed by atoms with Gasteiger partial charge in [-0.2, -0.15) is 0 Å². The molecule has 29 heavy (non-hydrogen) atoms. The molecule has 1 amide bonds. The Morgan fingerprint density at radius 3 is 2.41 bits per heavy atom. The van der Waals surface area contributed by atoms with Crippen LogP contribution in [0.1, 0.15) is 21.5 Å². The molecular formula is C21H26ClN3O3S. The zero-order chi connectivity index (χ0) is 19.9. The molecule has 2 aromatic rings. The van der Waals surface area contributed by atoms with Gasteiger partial charge in [-0.15, -0.1) is 12.4 Å². The normalized spacial score (nSPS) is 20.8. The summed E-state index contributed by atoms with van der Waals surface area (Å²) in [6.07, 6.45) is 0. The number of hydrogen-bond donors (Lipinski definition) is 2. The first kappa shape index (κ1) is 21.6. The lowest BCUT2D eigenvalue weighted by Gasteiger charge is -2.19. The molecular weight excluding hydrogens is 410 g/mol. The summed E-state index contributed by atoms with van der Waals surface area (Å²) in [6, 6.07) is 11.9. The molecule has 0 unspecified atom stereocenters. The molecule has 2 fully saturated rings. The van der Waals surface area contributed by atoms with Crippen molar-refractivity contribution >= 4 is 34.0 Å². The molecule has 0 saturated carbocycles. The minimum atomic E-state index is -3.77. The Hall–Kier alpha value is -2.09. The third kappa shape index (κ3) is 4.42. The van der Waals surface area contributed by atoms with Gasteiger partial charge in [0.15, 0.2) is 0 Å². The molecule has 2 aliphatic rings. The zero-order valence-electron chi connectivity index (χ0n) is 16.5. The first-order chi connectivity index (χ1) is 13.3. The van der Waals surface area contributed by atoms with Gasteiger partial charge in [-0.1, -0.05) is 18.2 Å². The van der Waals surface area contributed by atoms with E-state index in [0.29, 0.717) is 23.1 Å². The van der Waals surface area contributed by atoms with Crippen LogP contribution >= 0.6 is 12.4 Å².